The second-order valence-corrected chi connectivity index (χ2v) is 5.68. The zero-order chi connectivity index (χ0) is 14.0. The summed E-state index contributed by atoms with van der Waals surface area (Å²) in [5.41, 5.74) is 2.23. The van der Waals surface area contributed by atoms with Crippen molar-refractivity contribution in [3.8, 4) is 16.9 Å². The zero-order valence-corrected chi connectivity index (χ0v) is 14.6. The highest BCUT2D eigenvalue weighted by atomic mass is 35.5. The van der Waals surface area contributed by atoms with Crippen LogP contribution in [0.5, 0.6) is 5.75 Å². The van der Waals surface area contributed by atoms with Crippen molar-refractivity contribution in [1.29, 1.82) is 0 Å². The van der Waals surface area contributed by atoms with Crippen LogP contribution < -0.4 is 10.1 Å². The predicted octanol–water partition coefficient (Wildman–Crippen LogP) is 4.38. The molecule has 0 radical (unpaired) electrons. The van der Waals surface area contributed by atoms with Gasteiger partial charge in [0.1, 0.15) is 12.4 Å². The van der Waals surface area contributed by atoms with Gasteiger partial charge in [0, 0.05) is 16.8 Å². The van der Waals surface area contributed by atoms with E-state index in [1.165, 1.54) is 12.8 Å². The van der Waals surface area contributed by atoms with E-state index in [0.29, 0.717) is 6.61 Å². The average Bonchev–Trinajstić information content (AvgIpc) is 3.26. The van der Waals surface area contributed by atoms with E-state index in [1.807, 2.05) is 43.6 Å². The van der Waals surface area contributed by atoms with Crippen molar-refractivity contribution >= 4 is 36.4 Å². The third kappa shape index (κ3) is 4.50. The lowest BCUT2D eigenvalue weighted by Crippen LogP contribution is -2.33. The normalized spacial score (nSPS) is 14.5. The van der Waals surface area contributed by atoms with Crippen LogP contribution in [0.4, 0.5) is 0 Å². The van der Waals surface area contributed by atoms with E-state index < -0.39 is 0 Å². The smallest absolute Gasteiger partial charge is 0.138 e. The third-order valence-electron chi connectivity index (χ3n) is 3.77. The van der Waals surface area contributed by atoms with Gasteiger partial charge in [-0.3, -0.25) is 4.98 Å². The monoisotopic (exact) mass is 360 g/mol. The van der Waals surface area contributed by atoms with Crippen LogP contribution in [0.1, 0.15) is 12.8 Å². The first-order chi connectivity index (χ1) is 9.71. The highest BCUT2D eigenvalue weighted by Crippen LogP contribution is 2.35. The van der Waals surface area contributed by atoms with Crippen LogP contribution >= 0.6 is 36.4 Å². The molecule has 2 aromatic rings. The second-order valence-electron chi connectivity index (χ2n) is 5.24. The maximum Gasteiger partial charge on any atom is 0.138 e. The maximum atomic E-state index is 6.02. The number of aromatic nitrogens is 1. The Hall–Kier alpha value is -1.000. The molecule has 1 aromatic carbocycles. The Morgan fingerprint density at radius 2 is 1.95 bits per heavy atom. The van der Waals surface area contributed by atoms with Crippen LogP contribution in [0.15, 0.2) is 42.7 Å². The minimum absolute atomic E-state index is 0. The molecule has 1 aliphatic carbocycles. The number of hydrogen-bond donors (Lipinski definition) is 1. The summed E-state index contributed by atoms with van der Waals surface area (Å²) >= 11 is 6.02. The molecule has 6 heteroatoms. The molecule has 0 atom stereocenters. The minimum atomic E-state index is 0. The maximum absolute atomic E-state index is 6.02. The van der Waals surface area contributed by atoms with Gasteiger partial charge in [-0.2, -0.15) is 0 Å². The first-order valence-corrected chi connectivity index (χ1v) is 7.11. The molecule has 1 fully saturated rings. The second kappa shape index (κ2) is 8.02. The van der Waals surface area contributed by atoms with E-state index in [0.717, 1.165) is 21.9 Å². The summed E-state index contributed by atoms with van der Waals surface area (Å²) in [6, 6.07) is 9.75. The molecule has 120 valence electrons. The number of pyridine rings is 1. The molecule has 1 heterocycles. The van der Waals surface area contributed by atoms with Gasteiger partial charge >= 0.3 is 0 Å². The van der Waals surface area contributed by atoms with Gasteiger partial charge in [0.15, 0.2) is 0 Å². The van der Waals surface area contributed by atoms with Crippen molar-refractivity contribution < 1.29 is 4.74 Å². The van der Waals surface area contributed by atoms with Crippen molar-refractivity contribution in [2.24, 2.45) is 0 Å². The Labute approximate surface area is 148 Å². The Bertz CT molecular complexity index is 618. The molecule has 1 saturated carbocycles. The van der Waals surface area contributed by atoms with E-state index in [9.17, 15) is 0 Å². The summed E-state index contributed by atoms with van der Waals surface area (Å²) in [4.78, 5) is 4.25. The number of rotatable bonds is 5. The molecular formula is C16H19Cl3N2O. The van der Waals surface area contributed by atoms with Gasteiger partial charge in [0.2, 0.25) is 0 Å². The molecule has 0 unspecified atom stereocenters. The van der Waals surface area contributed by atoms with E-state index in [2.05, 4.69) is 10.3 Å². The summed E-state index contributed by atoms with van der Waals surface area (Å²) < 4.78 is 5.86. The predicted molar refractivity (Wildman–Crippen MR) is 95.7 cm³/mol. The molecule has 0 bridgehead atoms. The number of hydrogen-bond acceptors (Lipinski definition) is 3. The molecule has 0 saturated heterocycles. The number of halogens is 3. The lowest BCUT2D eigenvalue weighted by atomic mass is 10.1. The molecule has 0 amide bonds. The number of nitrogens with one attached hydrogen (secondary N) is 1. The van der Waals surface area contributed by atoms with Crippen LogP contribution in [0.2, 0.25) is 5.02 Å². The standard InChI is InChI=1S/C16H17ClN2O.2ClH/c1-18-16(5-6-16)11-20-15-8-13(9-19-10-15)12-3-2-4-14(17)7-12;;/h2-4,7-10,18H,5-6,11H2,1H3;2*1H. The quantitative estimate of drug-likeness (QED) is 0.858. The molecule has 0 spiro atoms. The molecule has 0 aliphatic heterocycles. The molecule has 1 aromatic heterocycles. The summed E-state index contributed by atoms with van der Waals surface area (Å²) in [5.74, 6) is 0.795. The highest BCUT2D eigenvalue weighted by Gasteiger charge is 2.41. The fourth-order valence-electron chi connectivity index (χ4n) is 2.16. The summed E-state index contributed by atoms with van der Waals surface area (Å²) in [6.45, 7) is 0.685. The van der Waals surface area contributed by atoms with Gasteiger partial charge in [-0.25, -0.2) is 0 Å². The zero-order valence-electron chi connectivity index (χ0n) is 12.2. The van der Waals surface area contributed by atoms with Crippen LogP contribution in [0.25, 0.3) is 11.1 Å². The Morgan fingerprint density at radius 3 is 2.59 bits per heavy atom. The van der Waals surface area contributed by atoms with Crippen molar-refractivity contribution in [2.75, 3.05) is 13.7 Å². The highest BCUT2D eigenvalue weighted by molar-refractivity contribution is 6.30. The SMILES string of the molecule is CNC1(COc2cncc(-c3cccc(Cl)c3)c2)CC1.Cl.Cl. The van der Waals surface area contributed by atoms with Crippen LogP contribution in [0, 0.1) is 0 Å². The van der Waals surface area contributed by atoms with Crippen molar-refractivity contribution in [3.63, 3.8) is 0 Å². The third-order valence-corrected chi connectivity index (χ3v) is 4.01. The van der Waals surface area contributed by atoms with Gasteiger partial charge in [-0.05, 0) is 43.7 Å². The van der Waals surface area contributed by atoms with Gasteiger partial charge in [-0.15, -0.1) is 24.8 Å². The Kier molecular flexibility index (Phi) is 6.95. The van der Waals surface area contributed by atoms with Gasteiger partial charge in [-0.1, -0.05) is 23.7 Å². The first kappa shape index (κ1) is 19.0. The van der Waals surface area contributed by atoms with Crippen LogP contribution in [0.3, 0.4) is 0 Å². The lowest BCUT2D eigenvalue weighted by molar-refractivity contribution is 0.259. The molecule has 1 aliphatic rings. The summed E-state index contributed by atoms with van der Waals surface area (Å²) in [7, 11) is 1.98. The van der Waals surface area contributed by atoms with E-state index in [4.69, 9.17) is 16.3 Å². The van der Waals surface area contributed by atoms with Gasteiger partial charge in [0.05, 0.1) is 11.7 Å². The number of benzene rings is 1. The average molecular weight is 362 g/mol. The number of ether oxygens (including phenoxy) is 1. The first-order valence-electron chi connectivity index (χ1n) is 6.73. The topological polar surface area (TPSA) is 34.1 Å². The van der Waals surface area contributed by atoms with E-state index >= 15 is 0 Å². The van der Waals surface area contributed by atoms with E-state index in [-0.39, 0.29) is 30.4 Å². The van der Waals surface area contributed by atoms with Gasteiger partial charge in [0.25, 0.3) is 0 Å². The Morgan fingerprint density at radius 1 is 1.18 bits per heavy atom. The van der Waals surface area contributed by atoms with Crippen molar-refractivity contribution in [3.05, 3.63) is 47.7 Å². The molecule has 22 heavy (non-hydrogen) atoms. The van der Waals surface area contributed by atoms with Crippen LogP contribution in [-0.4, -0.2) is 24.2 Å². The summed E-state index contributed by atoms with van der Waals surface area (Å²) in [6.07, 6.45) is 5.92. The number of nitrogens with zero attached hydrogens (tertiary/aromatic N) is 1. The van der Waals surface area contributed by atoms with Gasteiger partial charge < -0.3 is 10.1 Å². The fraction of sp³-hybridized carbons (Fsp3) is 0.312. The largest absolute Gasteiger partial charge is 0.490 e. The van der Waals surface area contributed by atoms with Crippen molar-refractivity contribution in [2.45, 2.75) is 18.4 Å². The molecule has 3 rings (SSSR count). The Balaban J connectivity index is 0.00000121. The molecule has 1 N–H and O–H groups in total. The lowest BCUT2D eigenvalue weighted by Gasteiger charge is -2.15. The van der Waals surface area contributed by atoms with E-state index in [1.54, 1.807) is 6.20 Å². The van der Waals surface area contributed by atoms with Crippen LogP contribution in [-0.2, 0) is 0 Å². The molecule has 3 nitrogen and oxygen atoms in total. The summed E-state index contributed by atoms with van der Waals surface area (Å²) in [5, 5.41) is 4.04. The fourth-order valence-corrected chi connectivity index (χ4v) is 2.35. The minimum Gasteiger partial charge on any atom is -0.490 e. The van der Waals surface area contributed by atoms with Crippen molar-refractivity contribution in [1.82, 2.24) is 10.3 Å². The number of likely N-dealkylation sites (N-methyl/N-ethyl adjacent to an activating group) is 1. The molecular weight excluding hydrogens is 343 g/mol.